The molecule has 0 amide bonds. The number of thioether (sulfide) groups is 1. The minimum Gasteiger partial charge on any atom is -0.459 e. The van der Waals surface area contributed by atoms with E-state index >= 15 is 0 Å². The number of nitrogens with zero attached hydrogens (tertiary/aromatic N) is 4. The highest BCUT2D eigenvalue weighted by Gasteiger charge is 2.42. The second-order valence-corrected chi connectivity index (χ2v) is 11.6. The number of ether oxygens (including phenoxy) is 3. The van der Waals surface area contributed by atoms with Crippen molar-refractivity contribution >= 4 is 52.5 Å². The Morgan fingerprint density at radius 2 is 1.58 bits per heavy atom. The first-order valence-electron chi connectivity index (χ1n) is 13.4. The predicted octanol–water partition coefficient (Wildman–Crippen LogP) is 6.64. The van der Waals surface area contributed by atoms with Crippen LogP contribution in [-0.4, -0.2) is 50.3 Å². The maximum absolute atomic E-state index is 13.0. The van der Waals surface area contributed by atoms with Crippen LogP contribution in [0.2, 0.25) is 10.0 Å². The molecule has 1 aliphatic rings. The molecule has 1 fully saturated rings. The third-order valence-electron chi connectivity index (χ3n) is 6.82. The molecule has 3 unspecified atom stereocenters. The van der Waals surface area contributed by atoms with Gasteiger partial charge in [-0.05, 0) is 54.1 Å². The molecule has 3 atom stereocenters. The van der Waals surface area contributed by atoms with Gasteiger partial charge in [0.25, 0.3) is 0 Å². The number of hydrogen-bond acceptors (Lipinski definition) is 9. The van der Waals surface area contributed by atoms with Gasteiger partial charge in [-0.2, -0.15) is 0 Å². The summed E-state index contributed by atoms with van der Waals surface area (Å²) < 4.78 is 19.6. The maximum Gasteiger partial charge on any atom is 0.338 e. The Morgan fingerprint density at radius 3 is 2.28 bits per heavy atom. The molecule has 1 aliphatic heterocycles. The van der Waals surface area contributed by atoms with E-state index < -0.39 is 30.3 Å². The predicted molar refractivity (Wildman–Crippen MR) is 161 cm³/mol. The quantitative estimate of drug-likeness (QED) is 0.130. The van der Waals surface area contributed by atoms with Crippen molar-refractivity contribution in [2.45, 2.75) is 35.5 Å². The van der Waals surface area contributed by atoms with E-state index in [0.717, 1.165) is 16.3 Å². The van der Waals surface area contributed by atoms with Gasteiger partial charge < -0.3 is 14.2 Å². The number of aromatic nitrogens is 4. The van der Waals surface area contributed by atoms with E-state index in [1.165, 1.54) is 0 Å². The van der Waals surface area contributed by atoms with Crippen molar-refractivity contribution < 1.29 is 23.8 Å². The highest BCUT2D eigenvalue weighted by Crippen LogP contribution is 2.36. The van der Waals surface area contributed by atoms with Crippen LogP contribution in [0.3, 0.4) is 0 Å². The first-order chi connectivity index (χ1) is 20.9. The number of carbonyl (C=O) groups is 2. The van der Waals surface area contributed by atoms with Gasteiger partial charge in [-0.1, -0.05) is 65.3 Å². The number of benzene rings is 3. The molecular weight excluding hydrogens is 611 g/mol. The average molecular weight is 636 g/mol. The largest absolute Gasteiger partial charge is 0.459 e. The van der Waals surface area contributed by atoms with Gasteiger partial charge in [0.2, 0.25) is 0 Å². The van der Waals surface area contributed by atoms with Crippen LogP contribution in [0.15, 0.2) is 96.3 Å². The molecule has 0 spiro atoms. The molecular formula is C31H24Cl2N4O5S. The Labute approximate surface area is 261 Å². The number of carbonyl (C=O) groups excluding carboxylic acids is 2. The Morgan fingerprint density at radius 1 is 0.907 bits per heavy atom. The van der Waals surface area contributed by atoms with Crippen molar-refractivity contribution in [3.63, 3.8) is 0 Å². The van der Waals surface area contributed by atoms with Crippen molar-refractivity contribution in [1.29, 1.82) is 0 Å². The Hall–Kier alpha value is -3.96. The number of hydrogen-bond donors (Lipinski definition) is 0. The summed E-state index contributed by atoms with van der Waals surface area (Å²) in [5.74, 6) is 0.151. The Kier molecular flexibility index (Phi) is 8.90. The fourth-order valence-electron chi connectivity index (χ4n) is 4.64. The van der Waals surface area contributed by atoms with E-state index in [2.05, 4.69) is 27.3 Å². The summed E-state index contributed by atoms with van der Waals surface area (Å²) in [6.45, 7) is -0.146. The Bertz CT molecular complexity index is 1740. The lowest BCUT2D eigenvalue weighted by molar-refractivity contribution is -0.0441. The molecule has 0 N–H and O–H groups in total. The molecule has 3 aromatic carbocycles. The molecule has 6 rings (SSSR count). The van der Waals surface area contributed by atoms with E-state index in [-0.39, 0.29) is 13.0 Å². The van der Waals surface area contributed by atoms with Crippen LogP contribution in [0.4, 0.5) is 0 Å². The van der Waals surface area contributed by atoms with Gasteiger partial charge in [-0.15, -0.1) is 10.2 Å². The zero-order valence-corrected chi connectivity index (χ0v) is 24.8. The molecule has 3 heterocycles. The molecule has 12 heteroatoms. The molecule has 0 bridgehead atoms. The monoisotopic (exact) mass is 634 g/mol. The average Bonchev–Trinajstić information content (AvgIpc) is 3.64. The standard InChI is InChI=1S/C31H24Cl2N4O5S/c32-22-10-6-20(7-11-22)30(38)40-17-26-24(42-31(39)21-8-12-23(33)13-9-21)16-25(41-26)27-35-36-28-29(34-14-15-37(27)28)43-18-19-4-2-1-3-5-19/h1-15,24-26H,16-18H2. The molecule has 5 aromatic rings. The second kappa shape index (κ2) is 13.1. The zero-order valence-electron chi connectivity index (χ0n) is 22.5. The molecule has 2 aromatic heterocycles. The minimum absolute atomic E-state index is 0.146. The topological polar surface area (TPSA) is 105 Å². The maximum atomic E-state index is 13.0. The van der Waals surface area contributed by atoms with E-state index in [0.29, 0.717) is 32.6 Å². The number of esters is 2. The van der Waals surface area contributed by atoms with Crippen LogP contribution in [-0.2, 0) is 20.0 Å². The van der Waals surface area contributed by atoms with Gasteiger partial charge in [-0.25, -0.2) is 14.6 Å². The number of halogens is 2. The molecule has 0 aliphatic carbocycles. The molecule has 1 saturated heterocycles. The first kappa shape index (κ1) is 29.1. The van der Waals surface area contributed by atoms with Crippen molar-refractivity contribution in [3.8, 4) is 0 Å². The second-order valence-electron chi connectivity index (χ2n) is 9.71. The summed E-state index contributed by atoms with van der Waals surface area (Å²) in [4.78, 5) is 30.2. The number of fused-ring (bicyclic) bond motifs is 1. The normalized spacial score (nSPS) is 18.0. The lowest BCUT2D eigenvalue weighted by Gasteiger charge is -2.19. The van der Waals surface area contributed by atoms with Crippen molar-refractivity contribution in [2.75, 3.05) is 6.61 Å². The smallest absolute Gasteiger partial charge is 0.338 e. The lowest BCUT2D eigenvalue weighted by atomic mass is 10.1. The van der Waals surface area contributed by atoms with Crippen LogP contribution in [0, 0.1) is 0 Å². The van der Waals surface area contributed by atoms with Crippen molar-refractivity contribution in [2.24, 2.45) is 0 Å². The van der Waals surface area contributed by atoms with E-state index in [4.69, 9.17) is 37.4 Å². The summed E-state index contributed by atoms with van der Waals surface area (Å²) in [6, 6.07) is 22.8. The molecule has 43 heavy (non-hydrogen) atoms. The summed E-state index contributed by atoms with van der Waals surface area (Å²) in [6.07, 6.45) is 1.66. The summed E-state index contributed by atoms with van der Waals surface area (Å²) in [5, 5.41) is 10.5. The van der Waals surface area contributed by atoms with Gasteiger partial charge in [0.05, 0.1) is 11.1 Å². The van der Waals surface area contributed by atoms with E-state index in [9.17, 15) is 9.59 Å². The lowest BCUT2D eigenvalue weighted by Crippen LogP contribution is -2.32. The number of rotatable bonds is 9. The highest BCUT2D eigenvalue weighted by molar-refractivity contribution is 7.98. The molecule has 0 saturated carbocycles. The van der Waals surface area contributed by atoms with Gasteiger partial charge in [-0.3, -0.25) is 4.40 Å². The van der Waals surface area contributed by atoms with Gasteiger partial charge in [0.15, 0.2) is 11.5 Å². The highest BCUT2D eigenvalue weighted by atomic mass is 35.5. The molecule has 0 radical (unpaired) electrons. The third-order valence-corrected chi connectivity index (χ3v) is 8.37. The van der Waals surface area contributed by atoms with Gasteiger partial charge >= 0.3 is 11.9 Å². The molecule has 218 valence electrons. The van der Waals surface area contributed by atoms with Crippen LogP contribution in [0.25, 0.3) is 5.65 Å². The SMILES string of the molecule is O=C(OCC1OC(c2nnc3c(SCc4ccccc4)nccn23)CC1OC(=O)c1ccc(Cl)cc1)c1ccc(Cl)cc1. The minimum atomic E-state index is -0.751. The van der Waals surface area contributed by atoms with Gasteiger partial charge in [0.1, 0.15) is 29.9 Å². The third kappa shape index (κ3) is 6.83. The van der Waals surface area contributed by atoms with E-state index in [1.54, 1.807) is 72.7 Å². The fraction of sp³-hybridized carbons (Fsp3) is 0.194. The zero-order chi connectivity index (χ0) is 29.8. The van der Waals surface area contributed by atoms with Crippen LogP contribution in [0.5, 0.6) is 0 Å². The van der Waals surface area contributed by atoms with Crippen LogP contribution in [0.1, 0.15) is 44.6 Å². The summed E-state index contributed by atoms with van der Waals surface area (Å²) >= 11 is 13.5. The fourth-order valence-corrected chi connectivity index (χ4v) is 5.79. The van der Waals surface area contributed by atoms with Crippen LogP contribution < -0.4 is 0 Å². The van der Waals surface area contributed by atoms with Crippen molar-refractivity contribution in [1.82, 2.24) is 19.6 Å². The van der Waals surface area contributed by atoms with Gasteiger partial charge in [0, 0.05) is 34.6 Å². The summed E-state index contributed by atoms with van der Waals surface area (Å²) in [7, 11) is 0. The van der Waals surface area contributed by atoms with Crippen molar-refractivity contribution in [3.05, 3.63) is 124 Å². The Balaban J connectivity index is 1.21. The summed E-state index contributed by atoms with van der Waals surface area (Å²) in [5.41, 5.74) is 2.43. The molecule has 9 nitrogen and oxygen atoms in total. The first-order valence-corrected chi connectivity index (χ1v) is 15.1. The van der Waals surface area contributed by atoms with E-state index in [1.807, 2.05) is 22.6 Å². The van der Waals surface area contributed by atoms with Crippen LogP contribution >= 0.6 is 35.0 Å².